The SMILES string of the molecule is C=C(/N=C(/C1=CCC(Cl)C=C1)N(C(N)=O)c1ccc(C(F)(F)F)cc1)N1CCC(NC(=O)CC)CC1. The van der Waals surface area contributed by atoms with Gasteiger partial charge >= 0.3 is 12.2 Å². The molecule has 2 aliphatic rings. The van der Waals surface area contributed by atoms with Gasteiger partial charge in [-0.25, -0.2) is 14.7 Å². The quantitative estimate of drug-likeness (QED) is 0.314. The van der Waals surface area contributed by atoms with E-state index in [4.69, 9.17) is 17.3 Å². The minimum atomic E-state index is -4.52. The van der Waals surface area contributed by atoms with E-state index in [1.807, 2.05) is 4.90 Å². The normalized spacial score (nSPS) is 19.0. The summed E-state index contributed by atoms with van der Waals surface area (Å²) in [5, 5.41) is 2.75. The molecule has 194 valence electrons. The lowest BCUT2D eigenvalue weighted by molar-refractivity contribution is -0.137. The summed E-state index contributed by atoms with van der Waals surface area (Å²) in [6.45, 7) is 7.02. The number of carbonyl (C=O) groups excluding carboxylic acids is 2. The number of piperidine rings is 1. The lowest BCUT2D eigenvalue weighted by Gasteiger charge is -2.34. The van der Waals surface area contributed by atoms with E-state index in [0.29, 0.717) is 50.2 Å². The topological polar surface area (TPSA) is 91.0 Å². The van der Waals surface area contributed by atoms with E-state index in [1.54, 1.807) is 25.2 Å². The van der Waals surface area contributed by atoms with Crippen molar-refractivity contribution in [3.8, 4) is 0 Å². The zero-order chi connectivity index (χ0) is 26.5. The number of likely N-dealkylation sites (tertiary alicyclic amines) is 1. The summed E-state index contributed by atoms with van der Waals surface area (Å²) < 4.78 is 39.2. The summed E-state index contributed by atoms with van der Waals surface area (Å²) in [6.07, 6.45) is 2.99. The lowest BCUT2D eigenvalue weighted by Crippen LogP contribution is -2.45. The molecule has 3 rings (SSSR count). The van der Waals surface area contributed by atoms with Crippen molar-refractivity contribution in [2.45, 2.75) is 50.2 Å². The number of aliphatic imine (C=N–C) groups is 1. The molecule has 1 aliphatic heterocycles. The van der Waals surface area contributed by atoms with Gasteiger partial charge in [-0.1, -0.05) is 31.7 Å². The number of nitrogens with two attached hydrogens (primary N) is 1. The van der Waals surface area contributed by atoms with E-state index >= 15 is 0 Å². The van der Waals surface area contributed by atoms with Crippen molar-refractivity contribution in [3.05, 3.63) is 66.0 Å². The number of amidine groups is 1. The molecule has 0 radical (unpaired) electrons. The Hall–Kier alpha value is -3.27. The van der Waals surface area contributed by atoms with Crippen molar-refractivity contribution in [1.82, 2.24) is 10.2 Å². The van der Waals surface area contributed by atoms with Gasteiger partial charge < -0.3 is 16.0 Å². The van der Waals surface area contributed by atoms with E-state index in [0.717, 1.165) is 17.0 Å². The maximum absolute atomic E-state index is 13.1. The number of nitrogens with zero attached hydrogens (tertiary/aromatic N) is 3. The van der Waals surface area contributed by atoms with Crippen molar-refractivity contribution in [2.75, 3.05) is 18.0 Å². The Kier molecular flexibility index (Phi) is 8.84. The van der Waals surface area contributed by atoms with E-state index < -0.39 is 17.8 Å². The summed E-state index contributed by atoms with van der Waals surface area (Å²) in [4.78, 5) is 31.8. The minimum absolute atomic E-state index is 0.00477. The van der Waals surface area contributed by atoms with Crippen LogP contribution in [0.2, 0.25) is 0 Å². The van der Waals surface area contributed by atoms with Crippen LogP contribution in [0.3, 0.4) is 0 Å². The maximum atomic E-state index is 13.1. The highest BCUT2D eigenvalue weighted by Gasteiger charge is 2.31. The number of urea groups is 1. The monoisotopic (exact) mass is 523 g/mol. The molecule has 1 aromatic rings. The third-order valence-corrected chi connectivity index (χ3v) is 6.30. The second kappa shape index (κ2) is 11.6. The number of allylic oxidation sites excluding steroid dienone is 2. The van der Waals surface area contributed by atoms with Gasteiger partial charge in [0.2, 0.25) is 5.91 Å². The molecule has 1 saturated heterocycles. The molecule has 36 heavy (non-hydrogen) atoms. The van der Waals surface area contributed by atoms with Crippen LogP contribution >= 0.6 is 11.6 Å². The fraction of sp³-hybridized carbons (Fsp3) is 0.400. The number of hydrogen-bond donors (Lipinski definition) is 2. The zero-order valence-corrected chi connectivity index (χ0v) is 20.6. The molecule has 0 aromatic heterocycles. The minimum Gasteiger partial charge on any atom is -0.357 e. The third kappa shape index (κ3) is 6.90. The predicted molar refractivity (Wildman–Crippen MR) is 135 cm³/mol. The Labute approximate surface area is 213 Å². The van der Waals surface area contributed by atoms with Gasteiger partial charge in [0, 0.05) is 31.1 Å². The van der Waals surface area contributed by atoms with Crippen LogP contribution in [0.15, 0.2) is 65.5 Å². The van der Waals surface area contributed by atoms with Crippen LogP contribution in [-0.2, 0) is 11.0 Å². The summed E-state index contributed by atoms with van der Waals surface area (Å²) in [5.41, 5.74) is 5.50. The van der Waals surface area contributed by atoms with Crippen LogP contribution in [0.25, 0.3) is 0 Å². The number of hydrogen-bond acceptors (Lipinski definition) is 4. The molecule has 1 aromatic carbocycles. The second-order valence-corrected chi connectivity index (χ2v) is 9.08. The van der Waals surface area contributed by atoms with Crippen LogP contribution in [0.4, 0.5) is 23.7 Å². The summed E-state index contributed by atoms with van der Waals surface area (Å²) in [7, 11) is 0. The van der Waals surface area contributed by atoms with Crippen molar-refractivity contribution >= 4 is 35.1 Å². The molecule has 3 amide bonds. The number of benzene rings is 1. The molecule has 11 heteroatoms. The van der Waals surface area contributed by atoms with Crippen LogP contribution in [0, 0.1) is 0 Å². The van der Waals surface area contributed by atoms with Crippen LogP contribution in [0.1, 0.15) is 38.2 Å². The zero-order valence-electron chi connectivity index (χ0n) is 19.9. The molecule has 1 aliphatic carbocycles. The molecular weight excluding hydrogens is 495 g/mol. The molecule has 0 spiro atoms. The smallest absolute Gasteiger partial charge is 0.357 e. The Balaban J connectivity index is 1.90. The van der Waals surface area contributed by atoms with Crippen molar-refractivity contribution < 1.29 is 22.8 Å². The number of alkyl halides is 4. The molecule has 0 bridgehead atoms. The van der Waals surface area contributed by atoms with E-state index in [-0.39, 0.29) is 28.8 Å². The number of anilines is 1. The van der Waals surface area contributed by atoms with Crippen molar-refractivity contribution in [1.29, 1.82) is 0 Å². The van der Waals surface area contributed by atoms with Gasteiger partial charge in [-0.05, 0) is 43.5 Å². The average Bonchev–Trinajstić information content (AvgIpc) is 2.84. The van der Waals surface area contributed by atoms with E-state index in [1.165, 1.54) is 12.1 Å². The Morgan fingerprint density at radius 3 is 2.39 bits per heavy atom. The van der Waals surface area contributed by atoms with Gasteiger partial charge in [0.1, 0.15) is 5.82 Å². The Bertz CT molecular complexity index is 1070. The van der Waals surface area contributed by atoms with Crippen molar-refractivity contribution in [2.24, 2.45) is 10.7 Å². The van der Waals surface area contributed by atoms with Crippen LogP contribution in [-0.4, -0.2) is 47.2 Å². The van der Waals surface area contributed by atoms with Crippen molar-refractivity contribution in [3.63, 3.8) is 0 Å². The highest BCUT2D eigenvalue weighted by Crippen LogP contribution is 2.31. The van der Waals surface area contributed by atoms with Gasteiger partial charge in [-0.3, -0.25) is 4.79 Å². The third-order valence-electron chi connectivity index (χ3n) is 5.97. The molecular formula is C25H29ClF3N5O2. The number of halogens is 4. The first kappa shape index (κ1) is 27.3. The van der Waals surface area contributed by atoms with Gasteiger partial charge in [-0.2, -0.15) is 13.2 Å². The van der Waals surface area contributed by atoms with E-state index in [2.05, 4.69) is 16.9 Å². The molecule has 1 fully saturated rings. The maximum Gasteiger partial charge on any atom is 0.416 e. The molecule has 1 unspecified atom stereocenters. The molecule has 1 atom stereocenters. The molecule has 3 N–H and O–H groups in total. The van der Waals surface area contributed by atoms with Crippen LogP contribution < -0.4 is 16.0 Å². The van der Waals surface area contributed by atoms with Gasteiger partial charge in [-0.15, -0.1) is 11.6 Å². The first-order chi connectivity index (χ1) is 17.0. The van der Waals surface area contributed by atoms with Crippen LogP contribution in [0.5, 0.6) is 0 Å². The van der Waals surface area contributed by atoms with E-state index in [9.17, 15) is 22.8 Å². The molecule has 0 saturated carbocycles. The Morgan fingerprint density at radius 1 is 1.25 bits per heavy atom. The number of rotatable bonds is 6. The summed E-state index contributed by atoms with van der Waals surface area (Å²) in [5.74, 6) is 0.494. The fourth-order valence-electron chi connectivity index (χ4n) is 3.96. The standard InChI is InChI=1S/C25H29ClF3N5O2/c1-3-22(35)32-20-12-14-33(15-13-20)16(2)31-23(17-4-8-19(26)9-5-17)34(24(30)36)21-10-6-18(7-11-21)25(27,28)29/h4-8,10-11,19-20H,2-3,9,12-15H2,1H3,(H2,30,36)(H,32,35)/b31-23-. The first-order valence-electron chi connectivity index (χ1n) is 11.6. The Morgan fingerprint density at radius 2 is 1.89 bits per heavy atom. The number of amides is 3. The fourth-order valence-corrected chi connectivity index (χ4v) is 4.12. The highest BCUT2D eigenvalue weighted by atomic mass is 35.5. The molecule has 1 heterocycles. The molecule has 7 nitrogen and oxygen atoms in total. The summed E-state index contributed by atoms with van der Waals surface area (Å²) >= 11 is 6.15. The van der Waals surface area contributed by atoms with Gasteiger partial charge in [0.05, 0.1) is 16.6 Å². The van der Waals surface area contributed by atoms with Gasteiger partial charge in [0.15, 0.2) is 5.84 Å². The highest BCUT2D eigenvalue weighted by molar-refractivity contribution is 6.25. The first-order valence-corrected chi connectivity index (χ1v) is 12.0. The van der Waals surface area contributed by atoms with Gasteiger partial charge in [0.25, 0.3) is 0 Å². The summed E-state index contributed by atoms with van der Waals surface area (Å²) in [6, 6.07) is 3.25. The number of carbonyl (C=O) groups is 2. The second-order valence-electron chi connectivity index (χ2n) is 8.52. The average molecular weight is 524 g/mol. The largest absolute Gasteiger partial charge is 0.416 e. The predicted octanol–water partition coefficient (Wildman–Crippen LogP) is 4.94. The number of nitrogens with one attached hydrogen (secondary N) is 1. The number of primary amides is 1. The lowest BCUT2D eigenvalue weighted by atomic mass is 10.0.